The molecule has 0 radical (unpaired) electrons. The lowest BCUT2D eigenvalue weighted by molar-refractivity contribution is 1.18. The Morgan fingerprint density at radius 1 is 0.210 bits per heavy atom. The molecule has 0 bridgehead atoms. The molecule has 0 unspecified atom stereocenters. The van der Waals surface area contributed by atoms with Crippen LogP contribution in [-0.2, 0) is 0 Å². The molecule has 0 spiro atoms. The summed E-state index contributed by atoms with van der Waals surface area (Å²) in [4.78, 5) is 0. The number of para-hydroxylation sites is 2. The van der Waals surface area contributed by atoms with Crippen molar-refractivity contribution in [2.24, 2.45) is 0 Å². The highest BCUT2D eigenvalue weighted by molar-refractivity contribution is 6.26. The van der Waals surface area contributed by atoms with Crippen molar-refractivity contribution in [3.63, 3.8) is 0 Å². The Morgan fingerprint density at radius 3 is 1.32 bits per heavy atom. The zero-order valence-electron chi connectivity index (χ0n) is 33.8. The fourth-order valence-corrected chi connectivity index (χ4v) is 10.3. The lowest BCUT2D eigenvalue weighted by atomic mass is 9.94. The molecule has 288 valence electrons. The summed E-state index contributed by atoms with van der Waals surface area (Å²) in [6, 6.07) is 84.9. The van der Waals surface area contributed by atoms with E-state index in [1.165, 1.54) is 115 Å². The summed E-state index contributed by atoms with van der Waals surface area (Å²) in [7, 11) is 0. The number of aromatic nitrogens is 2. The standard InChI is InChI=1S/C60H38N2/c1-4-16-39(17-5-1)43-36-52(40-18-6-2-7-19-40)60-56(37-43)55-35-42(41-28-32-58-54(34-41)51-26-14-15-27-57(51)61(58)44-20-8-3-9-21-44)29-33-59(55)62(60)45-30-31-50-48-24-11-10-22-46(48)47-23-12-13-25-49(47)53(50)38-45/h1-38H. The first-order chi connectivity index (χ1) is 30.8. The van der Waals surface area contributed by atoms with Gasteiger partial charge in [-0.25, -0.2) is 0 Å². The molecular formula is C60H38N2. The average Bonchev–Trinajstić information content (AvgIpc) is 3.86. The number of benzene rings is 11. The molecule has 2 heterocycles. The predicted molar refractivity (Wildman–Crippen MR) is 264 cm³/mol. The van der Waals surface area contributed by atoms with Crippen molar-refractivity contribution >= 4 is 75.9 Å². The van der Waals surface area contributed by atoms with Gasteiger partial charge in [0.2, 0.25) is 0 Å². The van der Waals surface area contributed by atoms with Crippen molar-refractivity contribution in [2.45, 2.75) is 0 Å². The largest absolute Gasteiger partial charge is 0.309 e. The van der Waals surface area contributed by atoms with Gasteiger partial charge in [0.25, 0.3) is 0 Å². The Morgan fingerprint density at radius 2 is 0.677 bits per heavy atom. The summed E-state index contributed by atoms with van der Waals surface area (Å²) in [5.41, 5.74) is 14.3. The Bertz CT molecular complexity index is 3860. The zero-order valence-corrected chi connectivity index (χ0v) is 33.8. The quantitative estimate of drug-likeness (QED) is 0.154. The van der Waals surface area contributed by atoms with Gasteiger partial charge in [-0.3, -0.25) is 0 Å². The van der Waals surface area contributed by atoms with Crippen LogP contribution in [-0.4, -0.2) is 9.13 Å². The number of hydrogen-bond donors (Lipinski definition) is 0. The van der Waals surface area contributed by atoms with Crippen LogP contribution in [0.5, 0.6) is 0 Å². The Kier molecular flexibility index (Phi) is 7.64. The molecule has 0 saturated carbocycles. The maximum absolute atomic E-state index is 2.52. The van der Waals surface area contributed by atoms with Crippen LogP contribution in [0.4, 0.5) is 0 Å². The molecule has 62 heavy (non-hydrogen) atoms. The Hall–Kier alpha value is -8.20. The molecule has 0 aliphatic carbocycles. The minimum Gasteiger partial charge on any atom is -0.309 e. The van der Waals surface area contributed by atoms with Crippen LogP contribution in [0.1, 0.15) is 0 Å². The smallest absolute Gasteiger partial charge is 0.0619 e. The first-order valence-electron chi connectivity index (χ1n) is 21.4. The van der Waals surface area contributed by atoms with E-state index < -0.39 is 0 Å². The van der Waals surface area contributed by atoms with Crippen molar-refractivity contribution in [1.82, 2.24) is 9.13 Å². The fourth-order valence-electron chi connectivity index (χ4n) is 10.3. The first-order valence-corrected chi connectivity index (χ1v) is 21.4. The monoisotopic (exact) mass is 786 g/mol. The number of nitrogens with zero attached hydrogens (tertiary/aromatic N) is 2. The summed E-state index contributed by atoms with van der Waals surface area (Å²) in [5.74, 6) is 0. The summed E-state index contributed by atoms with van der Waals surface area (Å²) >= 11 is 0. The SMILES string of the molecule is c1ccc(-c2cc(-c3ccccc3)c3c(c2)c2cc(-c4ccc5c(c4)c4ccccc4n5-c4ccccc4)ccc2n3-c2ccc3c4ccccc4c4ccccc4c3c2)cc1. The van der Waals surface area contributed by atoms with E-state index in [0.717, 1.165) is 5.69 Å². The van der Waals surface area contributed by atoms with E-state index in [9.17, 15) is 0 Å². The van der Waals surface area contributed by atoms with E-state index in [4.69, 9.17) is 0 Å². The minimum absolute atomic E-state index is 1.14. The highest BCUT2D eigenvalue weighted by Gasteiger charge is 2.21. The number of hydrogen-bond acceptors (Lipinski definition) is 0. The van der Waals surface area contributed by atoms with E-state index in [1.54, 1.807) is 0 Å². The van der Waals surface area contributed by atoms with E-state index in [2.05, 4.69) is 240 Å². The molecule has 13 rings (SSSR count). The lowest BCUT2D eigenvalue weighted by Gasteiger charge is -2.16. The molecule has 0 amide bonds. The third-order valence-electron chi connectivity index (χ3n) is 13.1. The summed E-state index contributed by atoms with van der Waals surface area (Å²) < 4.78 is 4.91. The second-order valence-corrected chi connectivity index (χ2v) is 16.5. The van der Waals surface area contributed by atoms with Crippen LogP contribution < -0.4 is 0 Å². The molecule has 11 aromatic carbocycles. The Balaban J connectivity index is 1.11. The van der Waals surface area contributed by atoms with Gasteiger partial charge in [0.05, 0.1) is 22.1 Å². The molecule has 2 heteroatoms. The van der Waals surface area contributed by atoms with Gasteiger partial charge < -0.3 is 9.13 Å². The molecule has 0 saturated heterocycles. The zero-order chi connectivity index (χ0) is 40.7. The fraction of sp³-hybridized carbons (Fsp3) is 0. The van der Waals surface area contributed by atoms with E-state index in [0.29, 0.717) is 0 Å². The third kappa shape index (κ3) is 5.23. The molecular weight excluding hydrogens is 749 g/mol. The van der Waals surface area contributed by atoms with Gasteiger partial charge in [-0.1, -0.05) is 164 Å². The van der Waals surface area contributed by atoms with E-state index in [1.807, 2.05) is 0 Å². The van der Waals surface area contributed by atoms with Crippen LogP contribution in [0, 0.1) is 0 Å². The molecule has 0 aliphatic heterocycles. The maximum Gasteiger partial charge on any atom is 0.0619 e. The number of rotatable bonds is 5. The molecule has 0 fully saturated rings. The molecule has 0 aliphatic rings. The normalized spacial score (nSPS) is 11.9. The molecule has 0 N–H and O–H groups in total. The maximum atomic E-state index is 2.52. The van der Waals surface area contributed by atoms with E-state index >= 15 is 0 Å². The molecule has 13 aromatic rings. The highest BCUT2D eigenvalue weighted by Crippen LogP contribution is 2.44. The van der Waals surface area contributed by atoms with Crippen molar-refractivity contribution in [2.75, 3.05) is 0 Å². The number of fused-ring (bicyclic) bond motifs is 12. The van der Waals surface area contributed by atoms with Crippen LogP contribution in [0.2, 0.25) is 0 Å². The van der Waals surface area contributed by atoms with Crippen molar-refractivity contribution in [1.29, 1.82) is 0 Å². The van der Waals surface area contributed by atoms with Crippen molar-refractivity contribution < 1.29 is 0 Å². The second-order valence-electron chi connectivity index (χ2n) is 16.5. The summed E-state index contributed by atoms with van der Waals surface area (Å²) in [6.45, 7) is 0. The van der Waals surface area contributed by atoms with Crippen molar-refractivity contribution in [3.05, 3.63) is 231 Å². The minimum atomic E-state index is 1.14. The summed E-state index contributed by atoms with van der Waals surface area (Å²) in [5, 5.41) is 12.6. The average molecular weight is 787 g/mol. The topological polar surface area (TPSA) is 9.86 Å². The molecule has 2 aromatic heterocycles. The molecule has 0 atom stereocenters. The van der Waals surface area contributed by atoms with Gasteiger partial charge in [0, 0.05) is 38.5 Å². The van der Waals surface area contributed by atoms with Crippen LogP contribution in [0.15, 0.2) is 231 Å². The summed E-state index contributed by atoms with van der Waals surface area (Å²) in [6.07, 6.45) is 0. The molecule has 2 nitrogen and oxygen atoms in total. The highest BCUT2D eigenvalue weighted by atomic mass is 15.0. The van der Waals surface area contributed by atoms with Gasteiger partial charge in [-0.15, -0.1) is 0 Å². The second kappa shape index (κ2) is 13.7. The van der Waals surface area contributed by atoms with Gasteiger partial charge >= 0.3 is 0 Å². The Labute approximate surface area is 358 Å². The van der Waals surface area contributed by atoms with Gasteiger partial charge in [0.15, 0.2) is 0 Å². The van der Waals surface area contributed by atoms with E-state index in [-0.39, 0.29) is 0 Å². The van der Waals surface area contributed by atoms with Gasteiger partial charge in [-0.05, 0) is 127 Å². The van der Waals surface area contributed by atoms with Gasteiger partial charge in [0.1, 0.15) is 0 Å². The third-order valence-corrected chi connectivity index (χ3v) is 13.1. The first kappa shape index (κ1) is 34.6. The van der Waals surface area contributed by atoms with Crippen LogP contribution in [0.25, 0.3) is 121 Å². The predicted octanol–water partition coefficient (Wildman–Crippen LogP) is 16.3. The van der Waals surface area contributed by atoms with Crippen molar-refractivity contribution in [3.8, 4) is 44.8 Å². The van der Waals surface area contributed by atoms with Gasteiger partial charge in [-0.2, -0.15) is 0 Å². The van der Waals surface area contributed by atoms with Crippen LogP contribution >= 0.6 is 0 Å². The lowest BCUT2D eigenvalue weighted by Crippen LogP contribution is -1.97. The van der Waals surface area contributed by atoms with Crippen LogP contribution in [0.3, 0.4) is 0 Å².